The highest BCUT2D eigenvalue weighted by molar-refractivity contribution is 7.98. The summed E-state index contributed by atoms with van der Waals surface area (Å²) < 4.78 is 15.8. The van der Waals surface area contributed by atoms with Crippen LogP contribution >= 0.6 is 11.8 Å². The van der Waals surface area contributed by atoms with Crippen molar-refractivity contribution >= 4 is 17.7 Å². The maximum atomic E-state index is 11.4. The number of ether oxygens (including phenoxy) is 3. The van der Waals surface area contributed by atoms with Crippen LogP contribution in [0.4, 0.5) is 0 Å². The first-order valence-corrected chi connectivity index (χ1v) is 5.64. The van der Waals surface area contributed by atoms with Crippen LogP contribution in [0.2, 0.25) is 0 Å². The molecule has 3 rings (SSSR count). The third-order valence-electron chi connectivity index (χ3n) is 2.22. The zero-order valence-corrected chi connectivity index (χ0v) is 8.26. The molecule has 0 unspecified atom stereocenters. The molecular weight excluding hydrogens is 192 g/mol. The molecule has 4 nitrogen and oxygen atoms in total. The molecular formula is C8H12O4S. The van der Waals surface area contributed by atoms with Crippen molar-refractivity contribution in [3.8, 4) is 0 Å². The summed E-state index contributed by atoms with van der Waals surface area (Å²) >= 11 is 1.66. The molecule has 0 aromatic heterocycles. The summed E-state index contributed by atoms with van der Waals surface area (Å²) in [7, 11) is 0. The Morgan fingerprint density at radius 1 is 1.54 bits per heavy atom. The monoisotopic (exact) mass is 204 g/mol. The van der Waals surface area contributed by atoms with E-state index in [-0.39, 0.29) is 12.1 Å². The Morgan fingerprint density at radius 3 is 2.77 bits per heavy atom. The minimum atomic E-state index is -1.09. The lowest BCUT2D eigenvalue weighted by molar-refractivity contribution is -0.328. The van der Waals surface area contributed by atoms with Crippen molar-refractivity contribution in [3.05, 3.63) is 0 Å². The summed E-state index contributed by atoms with van der Waals surface area (Å²) in [4.78, 5) is 11.4. The molecule has 3 aliphatic heterocycles. The largest absolute Gasteiger partial charge is 0.453 e. The zero-order chi connectivity index (χ0) is 9.31. The molecule has 0 radical (unpaired) electrons. The van der Waals surface area contributed by atoms with E-state index in [9.17, 15) is 4.79 Å². The van der Waals surface area contributed by atoms with Crippen LogP contribution in [0.1, 0.15) is 6.42 Å². The van der Waals surface area contributed by atoms with Gasteiger partial charge in [0.2, 0.25) is 0 Å². The van der Waals surface area contributed by atoms with Gasteiger partial charge in [0.05, 0.1) is 13.2 Å². The van der Waals surface area contributed by atoms with Crippen molar-refractivity contribution in [2.24, 2.45) is 0 Å². The molecule has 2 bridgehead atoms. The van der Waals surface area contributed by atoms with E-state index in [1.807, 2.05) is 6.26 Å². The Bertz CT molecular complexity index is 210. The van der Waals surface area contributed by atoms with Crippen LogP contribution < -0.4 is 0 Å². The van der Waals surface area contributed by atoms with Gasteiger partial charge in [-0.05, 0) is 12.0 Å². The van der Waals surface area contributed by atoms with Crippen molar-refractivity contribution in [2.45, 2.75) is 18.3 Å². The van der Waals surface area contributed by atoms with E-state index in [2.05, 4.69) is 0 Å². The van der Waals surface area contributed by atoms with Crippen LogP contribution in [0.25, 0.3) is 0 Å². The Kier molecular flexibility index (Phi) is 2.49. The molecule has 0 spiro atoms. The van der Waals surface area contributed by atoms with E-state index in [1.165, 1.54) is 0 Å². The van der Waals surface area contributed by atoms with Crippen LogP contribution in [-0.2, 0) is 19.0 Å². The second-order valence-corrected chi connectivity index (χ2v) is 4.13. The van der Waals surface area contributed by atoms with Crippen LogP contribution in [0, 0.1) is 0 Å². The Hall–Kier alpha value is -0.260. The SMILES string of the molecule is CSCCC12OCC(CO1)OC2=O. The lowest BCUT2D eigenvalue weighted by Crippen LogP contribution is -2.60. The van der Waals surface area contributed by atoms with E-state index < -0.39 is 5.79 Å². The molecule has 0 atom stereocenters. The maximum Gasteiger partial charge on any atom is 0.367 e. The Labute approximate surface area is 80.9 Å². The lowest BCUT2D eigenvalue weighted by Gasteiger charge is -2.43. The summed E-state index contributed by atoms with van der Waals surface area (Å²) in [5, 5.41) is 0. The first-order valence-electron chi connectivity index (χ1n) is 4.25. The summed E-state index contributed by atoms with van der Waals surface area (Å²) in [5.74, 6) is -0.610. The summed E-state index contributed by atoms with van der Waals surface area (Å²) in [6.07, 6.45) is 2.36. The number of carbonyl (C=O) groups is 1. The number of esters is 1. The third-order valence-corrected chi connectivity index (χ3v) is 2.84. The number of carbonyl (C=O) groups excluding carboxylic acids is 1. The Balaban J connectivity index is 2.04. The number of fused-ring (bicyclic) bond motifs is 3. The summed E-state index contributed by atoms with van der Waals surface area (Å²) in [6, 6.07) is 0. The minimum absolute atomic E-state index is 0.191. The van der Waals surface area contributed by atoms with Gasteiger partial charge in [0.15, 0.2) is 0 Å². The van der Waals surface area contributed by atoms with Gasteiger partial charge in [0.1, 0.15) is 6.10 Å². The molecule has 74 valence electrons. The molecule has 3 aliphatic rings. The average molecular weight is 204 g/mol. The molecule has 0 saturated carbocycles. The van der Waals surface area contributed by atoms with Gasteiger partial charge < -0.3 is 14.2 Å². The highest BCUT2D eigenvalue weighted by Crippen LogP contribution is 2.32. The quantitative estimate of drug-likeness (QED) is 0.623. The predicted molar refractivity (Wildman–Crippen MR) is 47.5 cm³/mol. The van der Waals surface area contributed by atoms with Crippen LogP contribution in [0.15, 0.2) is 0 Å². The second kappa shape index (κ2) is 3.48. The van der Waals surface area contributed by atoms with Gasteiger partial charge in [0, 0.05) is 6.42 Å². The van der Waals surface area contributed by atoms with E-state index in [0.717, 1.165) is 5.75 Å². The third kappa shape index (κ3) is 1.56. The fourth-order valence-electron chi connectivity index (χ4n) is 1.45. The normalized spacial score (nSPS) is 37.6. The van der Waals surface area contributed by atoms with Crippen molar-refractivity contribution in [1.82, 2.24) is 0 Å². The van der Waals surface area contributed by atoms with E-state index in [0.29, 0.717) is 19.6 Å². The van der Waals surface area contributed by atoms with Gasteiger partial charge in [-0.2, -0.15) is 11.8 Å². The second-order valence-electron chi connectivity index (χ2n) is 3.15. The lowest BCUT2D eigenvalue weighted by atomic mass is 10.1. The molecule has 0 aromatic rings. The molecule has 13 heavy (non-hydrogen) atoms. The standard InChI is InChI=1S/C8H12O4S/c1-13-3-2-8-7(9)12-6(4-10-8)5-11-8/h6H,2-5H2,1H3. The average Bonchev–Trinajstić information content (AvgIpc) is 2.17. The number of hydrogen-bond acceptors (Lipinski definition) is 5. The number of thioether (sulfide) groups is 1. The molecule has 3 fully saturated rings. The number of hydrogen-bond donors (Lipinski definition) is 0. The van der Waals surface area contributed by atoms with Crippen molar-refractivity contribution in [3.63, 3.8) is 0 Å². The fourth-order valence-corrected chi connectivity index (χ4v) is 1.93. The molecule has 0 aromatic carbocycles. The molecule has 0 amide bonds. The van der Waals surface area contributed by atoms with Gasteiger partial charge in [-0.25, -0.2) is 4.79 Å². The van der Waals surface area contributed by atoms with E-state index >= 15 is 0 Å². The summed E-state index contributed by atoms with van der Waals surface area (Å²) in [5.41, 5.74) is 0. The maximum absolute atomic E-state index is 11.4. The fraction of sp³-hybridized carbons (Fsp3) is 0.875. The van der Waals surface area contributed by atoms with Gasteiger partial charge in [-0.3, -0.25) is 0 Å². The predicted octanol–water partition coefficient (Wildman–Crippen LogP) is 0.408. The minimum Gasteiger partial charge on any atom is -0.453 e. The van der Waals surface area contributed by atoms with Gasteiger partial charge in [-0.15, -0.1) is 0 Å². The van der Waals surface area contributed by atoms with E-state index in [1.54, 1.807) is 11.8 Å². The van der Waals surface area contributed by atoms with Gasteiger partial charge in [0.25, 0.3) is 5.79 Å². The Morgan fingerprint density at radius 2 is 2.23 bits per heavy atom. The highest BCUT2D eigenvalue weighted by Gasteiger charge is 2.52. The highest BCUT2D eigenvalue weighted by atomic mass is 32.2. The van der Waals surface area contributed by atoms with Crippen molar-refractivity contribution < 1.29 is 19.0 Å². The zero-order valence-electron chi connectivity index (χ0n) is 7.45. The topological polar surface area (TPSA) is 44.8 Å². The van der Waals surface area contributed by atoms with Crippen LogP contribution in [0.5, 0.6) is 0 Å². The molecule has 3 heterocycles. The molecule has 0 N–H and O–H groups in total. The first-order chi connectivity index (χ1) is 6.27. The van der Waals surface area contributed by atoms with Gasteiger partial charge in [-0.1, -0.05) is 0 Å². The molecule has 0 aliphatic carbocycles. The first kappa shape index (κ1) is 9.30. The van der Waals surface area contributed by atoms with Gasteiger partial charge >= 0.3 is 5.97 Å². The smallest absolute Gasteiger partial charge is 0.367 e. The van der Waals surface area contributed by atoms with Crippen LogP contribution in [0.3, 0.4) is 0 Å². The molecule has 5 heteroatoms. The van der Waals surface area contributed by atoms with E-state index in [4.69, 9.17) is 14.2 Å². The summed E-state index contributed by atoms with van der Waals surface area (Å²) in [6.45, 7) is 0.945. The molecule has 3 saturated heterocycles. The number of rotatable bonds is 3. The van der Waals surface area contributed by atoms with Crippen molar-refractivity contribution in [1.29, 1.82) is 0 Å². The van der Waals surface area contributed by atoms with Crippen LogP contribution in [-0.4, -0.2) is 43.1 Å². The van der Waals surface area contributed by atoms with Crippen molar-refractivity contribution in [2.75, 3.05) is 25.2 Å².